The molecule has 0 rings (SSSR count). The minimum absolute atomic E-state index is 0.974. The first-order valence-electron chi connectivity index (χ1n) is 8.50. The summed E-state index contributed by atoms with van der Waals surface area (Å²) < 4.78 is 0. The van der Waals surface area contributed by atoms with Gasteiger partial charge >= 0.3 is 0 Å². The molecule has 1 atom stereocenters. The van der Waals surface area contributed by atoms with Crippen LogP contribution in [-0.4, -0.2) is 0 Å². The molecule has 0 aromatic carbocycles. The van der Waals surface area contributed by atoms with Crippen molar-refractivity contribution in [2.45, 2.75) is 97.8 Å². The van der Waals surface area contributed by atoms with Crippen molar-refractivity contribution < 1.29 is 0 Å². The fraction of sp³-hybridized carbons (Fsp3) is 0.889. The van der Waals surface area contributed by atoms with Crippen LogP contribution in [0, 0.1) is 5.92 Å². The van der Waals surface area contributed by atoms with Crippen molar-refractivity contribution in [1.29, 1.82) is 0 Å². The molecule has 0 heteroatoms. The zero-order chi connectivity index (χ0) is 13.5. The molecule has 0 aromatic rings. The van der Waals surface area contributed by atoms with Gasteiger partial charge in [-0.2, -0.15) is 0 Å². The lowest BCUT2D eigenvalue weighted by Crippen LogP contribution is -1.98. The molecule has 0 spiro atoms. The normalized spacial score (nSPS) is 13.3. The summed E-state index contributed by atoms with van der Waals surface area (Å²) in [6.45, 7) is 6.90. The number of rotatable bonds is 13. The molecule has 0 nitrogen and oxygen atoms in total. The van der Waals surface area contributed by atoms with Gasteiger partial charge in [0.25, 0.3) is 0 Å². The summed E-state index contributed by atoms with van der Waals surface area (Å²) in [6, 6.07) is 0. The zero-order valence-corrected chi connectivity index (χ0v) is 13.2. The Bertz CT molecular complexity index is 169. The van der Waals surface area contributed by atoms with Crippen molar-refractivity contribution in [1.82, 2.24) is 0 Å². The molecule has 0 N–H and O–H groups in total. The van der Waals surface area contributed by atoms with Crippen molar-refractivity contribution in [3.8, 4) is 0 Å². The molecule has 0 aliphatic carbocycles. The van der Waals surface area contributed by atoms with Gasteiger partial charge < -0.3 is 0 Å². The number of hydrogen-bond donors (Lipinski definition) is 0. The van der Waals surface area contributed by atoms with E-state index in [4.69, 9.17) is 0 Å². The first-order valence-corrected chi connectivity index (χ1v) is 8.50. The molecule has 0 aromatic heterocycles. The average Bonchev–Trinajstić information content (AvgIpc) is 2.40. The van der Waals surface area contributed by atoms with E-state index in [-0.39, 0.29) is 0 Å². The van der Waals surface area contributed by atoms with E-state index in [2.05, 4.69) is 32.9 Å². The van der Waals surface area contributed by atoms with Gasteiger partial charge in [0.1, 0.15) is 0 Å². The maximum atomic E-state index is 2.40. The van der Waals surface area contributed by atoms with Crippen LogP contribution in [-0.2, 0) is 0 Å². The number of unbranched alkanes of at least 4 members (excludes halogenated alkanes) is 6. The monoisotopic (exact) mass is 252 g/mol. The first-order chi connectivity index (χ1) is 8.85. The molecule has 0 fully saturated rings. The minimum Gasteiger partial charge on any atom is -0.0885 e. The Kier molecular flexibility index (Phi) is 14.6. The molecule has 0 aliphatic rings. The molecule has 0 aliphatic heterocycles. The lowest BCUT2D eigenvalue weighted by molar-refractivity contribution is 0.414. The molecule has 0 saturated carbocycles. The van der Waals surface area contributed by atoms with Crippen LogP contribution in [0.15, 0.2) is 12.2 Å². The summed E-state index contributed by atoms with van der Waals surface area (Å²) >= 11 is 0. The Morgan fingerprint density at radius 3 is 2.00 bits per heavy atom. The van der Waals surface area contributed by atoms with Crippen LogP contribution < -0.4 is 0 Å². The van der Waals surface area contributed by atoms with Gasteiger partial charge in [-0.1, -0.05) is 90.7 Å². The van der Waals surface area contributed by atoms with Gasteiger partial charge in [-0.05, 0) is 25.2 Å². The van der Waals surface area contributed by atoms with Crippen LogP contribution in [0.1, 0.15) is 97.8 Å². The highest BCUT2D eigenvalue weighted by Gasteiger charge is 2.04. The van der Waals surface area contributed by atoms with E-state index in [0.29, 0.717) is 0 Å². The molecule has 0 bridgehead atoms. The van der Waals surface area contributed by atoms with Crippen molar-refractivity contribution in [3.63, 3.8) is 0 Å². The van der Waals surface area contributed by atoms with Crippen LogP contribution in [0.4, 0.5) is 0 Å². The van der Waals surface area contributed by atoms with Gasteiger partial charge in [-0.15, -0.1) is 0 Å². The Balaban J connectivity index is 3.40. The molecule has 0 heterocycles. The molecule has 0 amide bonds. The highest BCUT2D eigenvalue weighted by molar-refractivity contribution is 4.81. The topological polar surface area (TPSA) is 0 Å². The van der Waals surface area contributed by atoms with Crippen molar-refractivity contribution in [2.24, 2.45) is 5.92 Å². The highest BCUT2D eigenvalue weighted by Crippen LogP contribution is 2.20. The molecular formula is C18H36. The van der Waals surface area contributed by atoms with Gasteiger partial charge in [0.2, 0.25) is 0 Å². The molecule has 18 heavy (non-hydrogen) atoms. The van der Waals surface area contributed by atoms with Crippen molar-refractivity contribution in [3.05, 3.63) is 12.2 Å². The van der Waals surface area contributed by atoms with Gasteiger partial charge in [-0.25, -0.2) is 0 Å². The summed E-state index contributed by atoms with van der Waals surface area (Å²) in [6.07, 6.45) is 21.5. The van der Waals surface area contributed by atoms with Crippen LogP contribution in [0.25, 0.3) is 0 Å². The second kappa shape index (κ2) is 14.8. The first kappa shape index (κ1) is 17.7. The largest absolute Gasteiger partial charge is 0.0885 e. The molecule has 0 radical (unpaired) electrons. The summed E-state index contributed by atoms with van der Waals surface area (Å²) in [5, 5.41) is 0. The Morgan fingerprint density at radius 1 is 0.667 bits per heavy atom. The summed E-state index contributed by atoms with van der Waals surface area (Å²) in [7, 11) is 0. The van der Waals surface area contributed by atoms with Crippen molar-refractivity contribution in [2.75, 3.05) is 0 Å². The van der Waals surface area contributed by atoms with Gasteiger partial charge in [0.15, 0.2) is 0 Å². The third kappa shape index (κ3) is 12.2. The predicted molar refractivity (Wildman–Crippen MR) is 85.1 cm³/mol. The summed E-state index contributed by atoms with van der Waals surface area (Å²) in [5.74, 6) is 0.974. The van der Waals surface area contributed by atoms with Crippen molar-refractivity contribution >= 4 is 0 Å². The maximum absolute atomic E-state index is 2.40. The number of hydrogen-bond acceptors (Lipinski definition) is 0. The van der Waals surface area contributed by atoms with Gasteiger partial charge in [0.05, 0.1) is 0 Å². The minimum atomic E-state index is 0.974. The van der Waals surface area contributed by atoms with Crippen LogP contribution >= 0.6 is 0 Å². The summed E-state index contributed by atoms with van der Waals surface area (Å²) in [5.41, 5.74) is 0. The summed E-state index contributed by atoms with van der Waals surface area (Å²) in [4.78, 5) is 0. The lowest BCUT2D eigenvalue weighted by Gasteiger charge is -2.13. The van der Waals surface area contributed by atoms with E-state index < -0.39 is 0 Å². The molecular weight excluding hydrogens is 216 g/mol. The zero-order valence-electron chi connectivity index (χ0n) is 13.2. The lowest BCUT2D eigenvalue weighted by atomic mass is 9.93. The molecule has 0 saturated heterocycles. The molecule has 1 unspecified atom stereocenters. The second-order valence-electron chi connectivity index (χ2n) is 5.67. The smallest absolute Gasteiger partial charge is 0.0348 e. The average molecular weight is 252 g/mol. The number of allylic oxidation sites excluding steroid dienone is 2. The maximum Gasteiger partial charge on any atom is -0.0348 e. The second-order valence-corrected chi connectivity index (χ2v) is 5.67. The Morgan fingerprint density at radius 2 is 1.33 bits per heavy atom. The highest BCUT2D eigenvalue weighted by atomic mass is 14.1. The van der Waals surface area contributed by atoms with E-state index >= 15 is 0 Å². The van der Waals surface area contributed by atoms with Gasteiger partial charge in [0, 0.05) is 0 Å². The SMILES string of the molecule is CCC/C=C/CCC(CC)CCCCCCCC. The van der Waals surface area contributed by atoms with E-state index in [1.54, 1.807) is 0 Å². The predicted octanol–water partition coefficient (Wildman–Crippen LogP) is 6.90. The van der Waals surface area contributed by atoms with Gasteiger partial charge in [-0.3, -0.25) is 0 Å². The third-order valence-electron chi connectivity index (χ3n) is 3.91. The molecule has 108 valence electrons. The Labute approximate surface area is 116 Å². The van der Waals surface area contributed by atoms with E-state index in [1.807, 2.05) is 0 Å². The third-order valence-corrected chi connectivity index (χ3v) is 3.91. The van der Waals surface area contributed by atoms with E-state index in [1.165, 1.54) is 77.0 Å². The van der Waals surface area contributed by atoms with Crippen LogP contribution in [0.5, 0.6) is 0 Å². The Hall–Kier alpha value is -0.260. The standard InChI is InChI=1S/C18H36/c1-4-7-9-11-13-15-17-18(6-3)16-14-12-10-8-5-2/h10,12,18H,4-9,11,13-17H2,1-3H3/b12-10+. The quantitative estimate of drug-likeness (QED) is 0.247. The van der Waals surface area contributed by atoms with Crippen LogP contribution in [0.2, 0.25) is 0 Å². The fourth-order valence-corrected chi connectivity index (χ4v) is 2.50. The van der Waals surface area contributed by atoms with E-state index in [9.17, 15) is 0 Å². The van der Waals surface area contributed by atoms with E-state index in [0.717, 1.165) is 5.92 Å². The van der Waals surface area contributed by atoms with Crippen LogP contribution in [0.3, 0.4) is 0 Å². The fourth-order valence-electron chi connectivity index (χ4n) is 2.50.